The van der Waals surface area contributed by atoms with E-state index in [1.807, 2.05) is 24.1 Å². The quantitative estimate of drug-likeness (QED) is 0.746. The average molecular weight is 248 g/mol. The van der Waals surface area contributed by atoms with Gasteiger partial charge in [-0.05, 0) is 25.6 Å². The maximum atomic E-state index is 11.0. The molecule has 1 aromatic heterocycles. The van der Waals surface area contributed by atoms with E-state index in [4.69, 9.17) is 11.6 Å². The first-order valence-corrected chi connectivity index (χ1v) is 5.81. The minimum atomic E-state index is -0.207. The summed E-state index contributed by atoms with van der Waals surface area (Å²) in [4.78, 5) is 14.1. The Morgan fingerprint density at radius 1 is 1.60 bits per heavy atom. The highest BCUT2D eigenvalue weighted by Crippen LogP contribution is 2.21. The number of likely N-dealkylation sites (N-methyl/N-ethyl adjacent to an activating group) is 1. The molecule has 0 fully saturated rings. The van der Waals surface area contributed by atoms with Crippen LogP contribution in [-0.2, 0) is 16.0 Å². The molecule has 0 saturated carbocycles. The van der Waals surface area contributed by atoms with E-state index in [1.165, 1.54) is 12.0 Å². The van der Waals surface area contributed by atoms with Crippen molar-refractivity contribution in [1.82, 2.24) is 4.90 Å². The molecule has 5 heteroatoms. The van der Waals surface area contributed by atoms with Crippen molar-refractivity contribution in [2.45, 2.75) is 6.42 Å². The lowest BCUT2D eigenvalue weighted by molar-refractivity contribution is -0.141. The van der Waals surface area contributed by atoms with E-state index < -0.39 is 0 Å². The zero-order valence-corrected chi connectivity index (χ0v) is 10.4. The Morgan fingerprint density at radius 2 is 2.33 bits per heavy atom. The molecule has 15 heavy (non-hydrogen) atoms. The topological polar surface area (TPSA) is 29.5 Å². The summed E-state index contributed by atoms with van der Waals surface area (Å²) in [7, 11) is 3.29. The molecule has 0 amide bonds. The van der Waals surface area contributed by atoms with Crippen molar-refractivity contribution in [2.75, 3.05) is 27.2 Å². The van der Waals surface area contributed by atoms with E-state index in [1.54, 1.807) is 11.3 Å². The number of ether oxygens (including phenoxy) is 1. The fourth-order valence-electron chi connectivity index (χ4n) is 1.15. The Bertz CT molecular complexity index is 327. The van der Waals surface area contributed by atoms with Gasteiger partial charge in [-0.3, -0.25) is 9.69 Å². The number of nitrogens with zero attached hydrogens (tertiary/aromatic N) is 1. The molecule has 0 aliphatic carbocycles. The van der Waals surface area contributed by atoms with Gasteiger partial charge in [-0.2, -0.15) is 0 Å². The van der Waals surface area contributed by atoms with Crippen LogP contribution in [0, 0.1) is 0 Å². The third-order valence-electron chi connectivity index (χ3n) is 2.00. The summed E-state index contributed by atoms with van der Waals surface area (Å²) in [6, 6.07) is 3.90. The van der Waals surface area contributed by atoms with Crippen LogP contribution in [0.25, 0.3) is 0 Å². The van der Waals surface area contributed by atoms with Gasteiger partial charge >= 0.3 is 5.97 Å². The number of hydrogen-bond acceptors (Lipinski definition) is 4. The molecule has 0 aliphatic rings. The van der Waals surface area contributed by atoms with Crippen LogP contribution in [0.3, 0.4) is 0 Å². The number of esters is 1. The van der Waals surface area contributed by atoms with Crippen LogP contribution >= 0.6 is 22.9 Å². The maximum absolute atomic E-state index is 11.0. The molecule has 0 aliphatic heterocycles. The van der Waals surface area contributed by atoms with Crippen LogP contribution in [0.1, 0.15) is 4.88 Å². The third kappa shape index (κ3) is 4.64. The van der Waals surface area contributed by atoms with Gasteiger partial charge in [-0.1, -0.05) is 11.6 Å². The number of methoxy groups -OCH3 is 1. The van der Waals surface area contributed by atoms with Crippen LogP contribution in [-0.4, -0.2) is 38.1 Å². The van der Waals surface area contributed by atoms with E-state index in [2.05, 4.69) is 4.74 Å². The predicted molar refractivity (Wildman–Crippen MR) is 62.5 cm³/mol. The fraction of sp³-hybridized carbons (Fsp3) is 0.500. The van der Waals surface area contributed by atoms with Crippen LogP contribution in [0.4, 0.5) is 0 Å². The van der Waals surface area contributed by atoms with E-state index >= 15 is 0 Å². The Hall–Kier alpha value is -0.580. The Balaban J connectivity index is 2.28. The lowest BCUT2D eigenvalue weighted by Gasteiger charge is -2.13. The minimum Gasteiger partial charge on any atom is -0.468 e. The highest BCUT2D eigenvalue weighted by molar-refractivity contribution is 7.16. The van der Waals surface area contributed by atoms with E-state index in [-0.39, 0.29) is 5.97 Å². The molecule has 0 saturated heterocycles. The highest BCUT2D eigenvalue weighted by atomic mass is 35.5. The number of carbonyl (C=O) groups excluding carboxylic acids is 1. The standard InChI is InChI=1S/C10H14ClNO2S/c1-12(7-10(13)14-2)6-5-8-3-4-9(11)15-8/h3-4H,5-7H2,1-2H3. The highest BCUT2D eigenvalue weighted by Gasteiger charge is 2.06. The number of thiophene rings is 1. The normalized spacial score (nSPS) is 10.7. The molecule has 0 N–H and O–H groups in total. The van der Waals surface area contributed by atoms with Gasteiger partial charge in [0.2, 0.25) is 0 Å². The first kappa shape index (κ1) is 12.5. The molecule has 1 heterocycles. The second-order valence-electron chi connectivity index (χ2n) is 3.27. The molecule has 0 unspecified atom stereocenters. The first-order valence-electron chi connectivity index (χ1n) is 4.61. The largest absolute Gasteiger partial charge is 0.468 e. The van der Waals surface area contributed by atoms with Crippen molar-refractivity contribution in [3.05, 3.63) is 21.3 Å². The Kier molecular flexibility index (Phi) is 5.08. The Labute approximate surface area is 98.6 Å². The van der Waals surface area contributed by atoms with Crippen molar-refractivity contribution in [1.29, 1.82) is 0 Å². The summed E-state index contributed by atoms with van der Waals surface area (Å²) in [5, 5.41) is 0. The molecule has 0 atom stereocenters. The second-order valence-corrected chi connectivity index (χ2v) is 5.07. The SMILES string of the molecule is COC(=O)CN(C)CCc1ccc(Cl)s1. The lowest BCUT2D eigenvalue weighted by Crippen LogP contribution is -2.28. The number of carbonyl (C=O) groups is 1. The smallest absolute Gasteiger partial charge is 0.319 e. The Morgan fingerprint density at radius 3 is 2.87 bits per heavy atom. The van der Waals surface area contributed by atoms with Gasteiger partial charge in [-0.15, -0.1) is 11.3 Å². The number of halogens is 1. The van der Waals surface area contributed by atoms with Gasteiger partial charge < -0.3 is 4.74 Å². The van der Waals surface area contributed by atoms with Gasteiger partial charge in [0.15, 0.2) is 0 Å². The monoisotopic (exact) mass is 247 g/mol. The molecule has 1 aromatic rings. The predicted octanol–water partition coefficient (Wildman–Crippen LogP) is 2.05. The van der Waals surface area contributed by atoms with Crippen molar-refractivity contribution < 1.29 is 9.53 Å². The summed E-state index contributed by atoms with van der Waals surface area (Å²) in [5.41, 5.74) is 0. The van der Waals surface area contributed by atoms with Gasteiger partial charge in [-0.25, -0.2) is 0 Å². The number of hydrogen-bond donors (Lipinski definition) is 0. The van der Waals surface area contributed by atoms with Crippen molar-refractivity contribution in [2.24, 2.45) is 0 Å². The molecule has 0 radical (unpaired) electrons. The summed E-state index contributed by atoms with van der Waals surface area (Å²) in [5.74, 6) is -0.207. The lowest BCUT2D eigenvalue weighted by atomic mass is 10.3. The molecular weight excluding hydrogens is 234 g/mol. The zero-order valence-electron chi connectivity index (χ0n) is 8.83. The average Bonchev–Trinajstić information content (AvgIpc) is 2.61. The maximum Gasteiger partial charge on any atom is 0.319 e. The fourth-order valence-corrected chi connectivity index (χ4v) is 2.23. The first-order chi connectivity index (χ1) is 7.11. The van der Waals surface area contributed by atoms with Gasteiger partial charge in [0.05, 0.1) is 18.0 Å². The minimum absolute atomic E-state index is 0.207. The third-order valence-corrected chi connectivity index (χ3v) is 3.29. The molecule has 3 nitrogen and oxygen atoms in total. The van der Waals surface area contributed by atoms with Crippen molar-refractivity contribution in [3.8, 4) is 0 Å². The molecular formula is C10H14ClNO2S. The summed E-state index contributed by atoms with van der Waals surface area (Å²) in [6.07, 6.45) is 0.908. The molecule has 84 valence electrons. The second kappa shape index (κ2) is 6.10. The van der Waals surface area contributed by atoms with Crippen LogP contribution < -0.4 is 0 Å². The van der Waals surface area contributed by atoms with Crippen LogP contribution in [0.2, 0.25) is 4.34 Å². The van der Waals surface area contributed by atoms with Gasteiger partial charge in [0, 0.05) is 11.4 Å². The van der Waals surface area contributed by atoms with Crippen LogP contribution in [0.5, 0.6) is 0 Å². The van der Waals surface area contributed by atoms with E-state index in [0.717, 1.165) is 17.3 Å². The summed E-state index contributed by atoms with van der Waals surface area (Å²) < 4.78 is 5.38. The van der Waals surface area contributed by atoms with Crippen molar-refractivity contribution >= 4 is 28.9 Å². The van der Waals surface area contributed by atoms with E-state index in [0.29, 0.717) is 6.54 Å². The molecule has 0 bridgehead atoms. The number of rotatable bonds is 5. The molecule has 0 spiro atoms. The molecule has 1 rings (SSSR count). The van der Waals surface area contributed by atoms with E-state index in [9.17, 15) is 4.79 Å². The van der Waals surface area contributed by atoms with Crippen molar-refractivity contribution in [3.63, 3.8) is 0 Å². The summed E-state index contributed by atoms with van der Waals surface area (Å²) in [6.45, 7) is 1.15. The van der Waals surface area contributed by atoms with Crippen LogP contribution in [0.15, 0.2) is 12.1 Å². The zero-order chi connectivity index (χ0) is 11.3. The summed E-state index contributed by atoms with van der Waals surface area (Å²) >= 11 is 7.39. The van der Waals surface area contributed by atoms with Gasteiger partial charge in [0.25, 0.3) is 0 Å². The van der Waals surface area contributed by atoms with Gasteiger partial charge in [0.1, 0.15) is 0 Å². The molecule has 0 aromatic carbocycles.